The lowest BCUT2D eigenvalue weighted by Gasteiger charge is -2.28. The summed E-state index contributed by atoms with van der Waals surface area (Å²) >= 11 is 6.04. The van der Waals surface area contributed by atoms with Gasteiger partial charge < -0.3 is 15.5 Å². The molecule has 3 N–H and O–H groups in total. The average molecular weight is 606 g/mol. The van der Waals surface area contributed by atoms with E-state index in [0.717, 1.165) is 16.7 Å². The number of carbonyl (C=O) groups is 1. The van der Waals surface area contributed by atoms with Crippen LogP contribution in [0.1, 0.15) is 17.5 Å². The van der Waals surface area contributed by atoms with E-state index in [1.165, 1.54) is 0 Å². The number of alkyl halides is 3. The minimum absolute atomic E-state index is 0.154. The molecule has 5 aromatic rings. The summed E-state index contributed by atoms with van der Waals surface area (Å²) in [4.78, 5) is 14.8. The molecule has 0 spiro atoms. The lowest BCUT2D eigenvalue weighted by Crippen LogP contribution is -2.29. The predicted octanol–water partition coefficient (Wildman–Crippen LogP) is 8.10. The van der Waals surface area contributed by atoms with Crippen molar-refractivity contribution >= 4 is 34.7 Å². The van der Waals surface area contributed by atoms with Crippen molar-refractivity contribution < 1.29 is 18.0 Å². The Morgan fingerprint density at radius 3 is 2.33 bits per heavy atom. The van der Waals surface area contributed by atoms with E-state index < -0.39 is 18.6 Å². The second-order valence-electron chi connectivity index (χ2n) is 9.89. The van der Waals surface area contributed by atoms with Gasteiger partial charge in [-0.3, -0.25) is 0 Å². The van der Waals surface area contributed by atoms with Crippen molar-refractivity contribution in [1.82, 2.24) is 20.6 Å². The Hall–Kier alpha value is -4.90. The van der Waals surface area contributed by atoms with Gasteiger partial charge in [0.15, 0.2) is 5.82 Å². The van der Waals surface area contributed by atoms with Crippen molar-refractivity contribution in [3.63, 3.8) is 0 Å². The maximum atomic E-state index is 13.4. The topological polar surface area (TPSA) is 98.8 Å². The fraction of sp³-hybridized carbons (Fsp3) is 0.161. The number of anilines is 3. The van der Waals surface area contributed by atoms with Crippen molar-refractivity contribution in [2.75, 3.05) is 22.1 Å². The monoisotopic (exact) mass is 605 g/mol. The van der Waals surface area contributed by atoms with Gasteiger partial charge in [0.25, 0.3) is 0 Å². The zero-order valence-corrected chi connectivity index (χ0v) is 23.7. The second kappa shape index (κ2) is 13.0. The van der Waals surface area contributed by atoms with Crippen LogP contribution in [0.15, 0.2) is 91.0 Å². The number of hydrogen-bond donors (Lipinski definition) is 3. The first-order valence-corrected chi connectivity index (χ1v) is 13.7. The molecule has 1 heterocycles. The highest BCUT2D eigenvalue weighted by Crippen LogP contribution is 2.37. The number of nitrogens with one attached hydrogen (secondary N) is 3. The van der Waals surface area contributed by atoms with E-state index in [4.69, 9.17) is 11.6 Å². The van der Waals surface area contributed by atoms with Crippen LogP contribution in [-0.4, -0.2) is 39.4 Å². The van der Waals surface area contributed by atoms with Gasteiger partial charge in [-0.2, -0.15) is 13.2 Å². The number of hydrogen-bond acceptors (Lipinski definition) is 5. The summed E-state index contributed by atoms with van der Waals surface area (Å²) in [5.41, 5.74) is 5.27. The summed E-state index contributed by atoms with van der Waals surface area (Å²) in [5, 5.41) is 20.3. The minimum Gasteiger partial charge on any atom is -0.365 e. The number of aryl methyl sites for hydroxylation is 1. The number of aromatic amines is 1. The summed E-state index contributed by atoms with van der Waals surface area (Å²) < 4.78 is 40.3. The van der Waals surface area contributed by atoms with E-state index in [-0.39, 0.29) is 13.1 Å². The Kier molecular flexibility index (Phi) is 8.91. The highest BCUT2D eigenvalue weighted by molar-refractivity contribution is 6.30. The number of nitrogens with zero attached hydrogens (tertiary/aromatic N) is 4. The number of carbonyl (C=O) groups excluding carboxylic acids is 1. The number of H-pyrrole nitrogens is 1. The van der Waals surface area contributed by atoms with Gasteiger partial charge in [0.1, 0.15) is 0 Å². The molecule has 12 heteroatoms. The number of tetrazole rings is 1. The van der Waals surface area contributed by atoms with Crippen LogP contribution < -0.4 is 15.5 Å². The summed E-state index contributed by atoms with van der Waals surface area (Å²) in [6, 6.07) is 26.3. The van der Waals surface area contributed by atoms with Crippen LogP contribution in [0.3, 0.4) is 0 Å². The van der Waals surface area contributed by atoms with Gasteiger partial charge in [0, 0.05) is 29.4 Å². The van der Waals surface area contributed by atoms with Crippen LogP contribution in [0.5, 0.6) is 0 Å². The molecule has 0 fully saturated rings. The van der Waals surface area contributed by atoms with Gasteiger partial charge in [-0.05, 0) is 70.4 Å². The van der Waals surface area contributed by atoms with Gasteiger partial charge >= 0.3 is 12.2 Å². The first-order valence-electron chi connectivity index (χ1n) is 13.3. The Bertz CT molecular complexity index is 1680. The lowest BCUT2D eigenvalue weighted by atomic mass is 9.98. The Morgan fingerprint density at radius 2 is 1.65 bits per heavy atom. The van der Waals surface area contributed by atoms with Crippen molar-refractivity contribution in [1.29, 1.82) is 0 Å². The molecule has 0 aliphatic heterocycles. The molecule has 0 saturated heterocycles. The minimum atomic E-state index is -4.38. The van der Waals surface area contributed by atoms with Crippen molar-refractivity contribution in [2.24, 2.45) is 0 Å². The normalized spacial score (nSPS) is 11.3. The molecule has 0 saturated carbocycles. The van der Waals surface area contributed by atoms with E-state index in [1.54, 1.807) is 59.5 Å². The van der Waals surface area contributed by atoms with Crippen molar-refractivity contribution in [2.45, 2.75) is 26.1 Å². The molecule has 220 valence electrons. The third-order valence-electron chi connectivity index (χ3n) is 6.69. The van der Waals surface area contributed by atoms with Gasteiger partial charge in [-0.25, -0.2) is 9.89 Å². The summed E-state index contributed by atoms with van der Waals surface area (Å²) in [6.45, 7) is 1.76. The summed E-state index contributed by atoms with van der Waals surface area (Å²) in [7, 11) is 0. The van der Waals surface area contributed by atoms with Crippen molar-refractivity contribution in [3.8, 4) is 22.5 Å². The average Bonchev–Trinajstić information content (AvgIpc) is 3.52. The maximum Gasteiger partial charge on any atom is 0.390 e. The predicted molar refractivity (Wildman–Crippen MR) is 162 cm³/mol. The number of benzene rings is 4. The Balaban J connectivity index is 1.55. The zero-order valence-electron chi connectivity index (χ0n) is 23.0. The third kappa shape index (κ3) is 7.89. The fourth-order valence-corrected chi connectivity index (χ4v) is 4.70. The zero-order chi connectivity index (χ0) is 30.4. The first-order chi connectivity index (χ1) is 20.6. The number of amides is 2. The van der Waals surface area contributed by atoms with E-state index >= 15 is 0 Å². The SMILES string of the molecule is Cc1ccc(NC(=O)Nc2cc(-c3ccccc3-c3nnn[nH]3)ccc2N(CCC(F)(F)F)Cc2ccc(Cl)cc2)cc1. The molecule has 2 amide bonds. The van der Waals surface area contributed by atoms with Crippen LogP contribution in [0.2, 0.25) is 5.02 Å². The van der Waals surface area contributed by atoms with Gasteiger partial charge in [0.2, 0.25) is 0 Å². The molecular formula is C31H27ClF3N7O. The van der Waals surface area contributed by atoms with Crippen LogP contribution in [0.25, 0.3) is 22.5 Å². The van der Waals surface area contributed by atoms with Crippen LogP contribution in [0, 0.1) is 6.92 Å². The molecule has 0 unspecified atom stereocenters. The van der Waals surface area contributed by atoms with E-state index in [0.29, 0.717) is 39.0 Å². The number of halogens is 4. The number of urea groups is 1. The van der Waals surface area contributed by atoms with Crippen molar-refractivity contribution in [3.05, 3.63) is 107 Å². The lowest BCUT2D eigenvalue weighted by molar-refractivity contribution is -0.132. The molecule has 0 radical (unpaired) electrons. The third-order valence-corrected chi connectivity index (χ3v) is 6.94. The molecule has 4 aromatic carbocycles. The van der Waals surface area contributed by atoms with E-state index in [9.17, 15) is 18.0 Å². The quantitative estimate of drug-likeness (QED) is 0.158. The first kappa shape index (κ1) is 29.6. The largest absolute Gasteiger partial charge is 0.390 e. The summed E-state index contributed by atoms with van der Waals surface area (Å²) in [5.74, 6) is 0.445. The van der Waals surface area contributed by atoms with E-state index in [2.05, 4.69) is 31.3 Å². The highest BCUT2D eigenvalue weighted by Gasteiger charge is 2.29. The van der Waals surface area contributed by atoms with Gasteiger partial charge in [-0.1, -0.05) is 71.8 Å². The molecule has 8 nitrogen and oxygen atoms in total. The molecule has 5 rings (SSSR count). The van der Waals surface area contributed by atoms with E-state index in [1.807, 2.05) is 43.3 Å². The molecule has 0 bridgehead atoms. The van der Waals surface area contributed by atoms with Gasteiger partial charge in [0.05, 0.1) is 17.8 Å². The van der Waals surface area contributed by atoms with Crippen LogP contribution in [0.4, 0.5) is 35.0 Å². The summed E-state index contributed by atoms with van der Waals surface area (Å²) in [6.07, 6.45) is -5.42. The van der Waals surface area contributed by atoms with Crippen LogP contribution >= 0.6 is 11.6 Å². The number of rotatable bonds is 9. The highest BCUT2D eigenvalue weighted by atomic mass is 35.5. The molecule has 0 aliphatic rings. The maximum absolute atomic E-state index is 13.4. The van der Waals surface area contributed by atoms with Crippen LogP contribution in [-0.2, 0) is 6.54 Å². The molecule has 1 aromatic heterocycles. The molecular weight excluding hydrogens is 579 g/mol. The Labute approximate surface area is 250 Å². The smallest absolute Gasteiger partial charge is 0.365 e. The number of aromatic nitrogens is 4. The molecule has 0 aliphatic carbocycles. The molecule has 43 heavy (non-hydrogen) atoms. The standard InChI is InChI=1S/C31H27ClF3N7O/c1-20-6-13-24(14-7-20)36-30(43)37-27-18-22(25-4-2-3-5-26(25)29-38-40-41-39-29)10-15-28(27)42(17-16-31(33,34)35)19-21-8-11-23(32)12-9-21/h2-15,18H,16-17,19H2,1H3,(H2,36,37,43)(H,38,39,40,41). The second-order valence-corrected chi connectivity index (χ2v) is 10.3. The fourth-order valence-electron chi connectivity index (χ4n) is 4.57. The van der Waals surface area contributed by atoms with Gasteiger partial charge in [-0.15, -0.1) is 5.10 Å². The Morgan fingerprint density at radius 1 is 0.930 bits per heavy atom. The molecule has 0 atom stereocenters.